The summed E-state index contributed by atoms with van der Waals surface area (Å²) in [6, 6.07) is 9.58. The van der Waals surface area contributed by atoms with Gasteiger partial charge in [0, 0.05) is 47.7 Å². The van der Waals surface area contributed by atoms with Crippen LogP contribution in [0.5, 0.6) is 0 Å². The van der Waals surface area contributed by atoms with Crippen LogP contribution in [0.25, 0.3) is 0 Å². The first-order valence-corrected chi connectivity index (χ1v) is 16.0. The molecule has 1 spiro atoms. The Kier molecular flexibility index (Phi) is 5.65. The third-order valence-electron chi connectivity index (χ3n) is 11.4. The Morgan fingerprint density at radius 2 is 1.75 bits per heavy atom. The Bertz CT molecular complexity index is 1160. The van der Waals surface area contributed by atoms with Crippen molar-refractivity contribution in [2.24, 2.45) is 17.3 Å². The van der Waals surface area contributed by atoms with Gasteiger partial charge in [-0.25, -0.2) is 0 Å². The number of allylic oxidation sites excluding steroid dienone is 4. The normalized spacial score (nSPS) is 40.2. The summed E-state index contributed by atoms with van der Waals surface area (Å²) in [6.07, 6.45) is 15.6. The van der Waals surface area contributed by atoms with Gasteiger partial charge in [-0.3, -0.25) is 9.00 Å². The van der Waals surface area contributed by atoms with Crippen LogP contribution < -0.4 is 4.90 Å². The van der Waals surface area contributed by atoms with Crippen LogP contribution >= 0.6 is 0 Å². The summed E-state index contributed by atoms with van der Waals surface area (Å²) in [5.74, 6) is 2.85. The molecule has 1 aromatic rings. The molecule has 2 heterocycles. The van der Waals surface area contributed by atoms with Crippen molar-refractivity contribution in [2.45, 2.75) is 94.6 Å². The molecule has 1 aromatic carbocycles. The first kappa shape index (κ1) is 23.4. The van der Waals surface area contributed by atoms with Crippen LogP contribution in [0.4, 0.5) is 5.69 Å². The fourth-order valence-corrected chi connectivity index (χ4v) is 12.0. The molecule has 6 atom stereocenters. The van der Waals surface area contributed by atoms with E-state index >= 15 is 0 Å². The van der Waals surface area contributed by atoms with Gasteiger partial charge in [0.05, 0.1) is 4.75 Å². The molecule has 6 aliphatic rings. The van der Waals surface area contributed by atoms with Crippen molar-refractivity contribution in [3.63, 3.8) is 0 Å². The van der Waals surface area contributed by atoms with Crippen molar-refractivity contribution in [3.05, 3.63) is 52.6 Å². The standard InChI is InChI=1S/C32H41NO2S/c1-31-21-28(22-6-9-24(10-7-22)33-17-3-2-4-18-33)30-26-13-11-25(34)20-23(26)8-12-27(30)29(31)14-16-32(31)15-5-19-36(32)35/h6-7,9-10,20,27-29H,2-5,8,11-19,21H2,1H3/t27?,28-,29?,31+,32+,36?/m1/s1. The molecule has 36 heavy (non-hydrogen) atoms. The minimum absolute atomic E-state index is 0.0263. The predicted molar refractivity (Wildman–Crippen MR) is 148 cm³/mol. The fourth-order valence-electron chi connectivity index (χ4n) is 9.69. The Labute approximate surface area is 219 Å². The van der Waals surface area contributed by atoms with Crippen LogP contribution in [0.15, 0.2) is 47.1 Å². The van der Waals surface area contributed by atoms with Gasteiger partial charge in [0.25, 0.3) is 0 Å². The van der Waals surface area contributed by atoms with Gasteiger partial charge in [0.15, 0.2) is 5.78 Å². The second-order valence-corrected chi connectivity index (χ2v) is 14.7. The average Bonchev–Trinajstić information content (AvgIpc) is 3.43. The molecule has 0 bridgehead atoms. The highest BCUT2D eigenvalue weighted by molar-refractivity contribution is 7.86. The third kappa shape index (κ3) is 3.35. The molecule has 4 aliphatic carbocycles. The van der Waals surface area contributed by atoms with Crippen LogP contribution in [0.2, 0.25) is 0 Å². The second kappa shape index (κ2) is 8.68. The number of piperidine rings is 1. The van der Waals surface area contributed by atoms with Crippen LogP contribution in [0.1, 0.15) is 95.5 Å². The van der Waals surface area contributed by atoms with E-state index in [1.165, 1.54) is 67.6 Å². The summed E-state index contributed by atoms with van der Waals surface area (Å²) in [6.45, 7) is 4.90. The van der Waals surface area contributed by atoms with E-state index in [0.29, 0.717) is 30.0 Å². The molecule has 0 radical (unpaired) electrons. The van der Waals surface area contributed by atoms with Crippen LogP contribution in [-0.4, -0.2) is 33.6 Å². The summed E-state index contributed by atoms with van der Waals surface area (Å²) < 4.78 is 13.6. The number of hydrogen-bond acceptors (Lipinski definition) is 3. The van der Waals surface area contributed by atoms with E-state index in [2.05, 4.69) is 36.1 Å². The van der Waals surface area contributed by atoms with Gasteiger partial charge in [0.1, 0.15) is 0 Å². The molecule has 4 fully saturated rings. The van der Waals surface area contributed by atoms with Gasteiger partial charge in [0.2, 0.25) is 0 Å². The molecule has 0 amide bonds. The highest BCUT2D eigenvalue weighted by Gasteiger charge is 2.66. The quantitative estimate of drug-likeness (QED) is 0.442. The molecule has 3 unspecified atom stereocenters. The number of hydrogen-bond donors (Lipinski definition) is 0. The summed E-state index contributed by atoms with van der Waals surface area (Å²) in [5, 5.41) is 0. The topological polar surface area (TPSA) is 37.4 Å². The minimum atomic E-state index is -0.697. The molecule has 192 valence electrons. The summed E-state index contributed by atoms with van der Waals surface area (Å²) >= 11 is 0. The lowest BCUT2D eigenvalue weighted by Crippen LogP contribution is -2.52. The lowest BCUT2D eigenvalue weighted by molar-refractivity contribution is -0.114. The third-order valence-corrected chi connectivity index (χ3v) is 13.8. The molecule has 4 heteroatoms. The summed E-state index contributed by atoms with van der Waals surface area (Å²) in [4.78, 5) is 14.9. The van der Waals surface area contributed by atoms with Crippen molar-refractivity contribution >= 4 is 22.3 Å². The van der Waals surface area contributed by atoms with Crippen molar-refractivity contribution in [1.82, 2.24) is 0 Å². The van der Waals surface area contributed by atoms with E-state index in [4.69, 9.17) is 0 Å². The molecular formula is C32H41NO2S. The molecule has 0 N–H and O–H groups in total. The van der Waals surface area contributed by atoms with Gasteiger partial charge in [-0.1, -0.05) is 24.6 Å². The van der Waals surface area contributed by atoms with E-state index in [1.54, 1.807) is 5.57 Å². The molecule has 0 aromatic heterocycles. The Morgan fingerprint density at radius 3 is 2.50 bits per heavy atom. The number of nitrogens with zero attached hydrogens (tertiary/aromatic N) is 1. The number of rotatable bonds is 2. The maximum Gasteiger partial charge on any atom is 0.156 e. The van der Waals surface area contributed by atoms with E-state index < -0.39 is 10.8 Å². The van der Waals surface area contributed by atoms with Gasteiger partial charge in [-0.2, -0.15) is 0 Å². The van der Waals surface area contributed by atoms with Gasteiger partial charge in [-0.15, -0.1) is 0 Å². The van der Waals surface area contributed by atoms with Gasteiger partial charge < -0.3 is 4.90 Å². The summed E-state index contributed by atoms with van der Waals surface area (Å²) in [5.41, 5.74) is 7.51. The fraction of sp³-hybridized carbons (Fsp3) is 0.656. The minimum Gasteiger partial charge on any atom is -0.372 e. The number of carbonyl (C=O) groups is 1. The van der Waals surface area contributed by atoms with Crippen LogP contribution in [0.3, 0.4) is 0 Å². The molecule has 3 nitrogen and oxygen atoms in total. The maximum atomic E-state index is 13.6. The summed E-state index contributed by atoms with van der Waals surface area (Å²) in [7, 11) is -0.697. The van der Waals surface area contributed by atoms with Crippen molar-refractivity contribution in [3.8, 4) is 0 Å². The van der Waals surface area contributed by atoms with Crippen LogP contribution in [-0.2, 0) is 15.6 Å². The Balaban J connectivity index is 1.33. The molecule has 2 saturated heterocycles. The number of fused-ring (bicyclic) bond motifs is 5. The monoisotopic (exact) mass is 503 g/mol. The van der Waals surface area contributed by atoms with Crippen molar-refractivity contribution in [1.29, 1.82) is 0 Å². The van der Waals surface area contributed by atoms with Gasteiger partial charge in [-0.05, 0) is 123 Å². The molecular weight excluding hydrogens is 462 g/mol. The van der Waals surface area contributed by atoms with E-state index in [0.717, 1.165) is 44.3 Å². The smallest absolute Gasteiger partial charge is 0.156 e. The lowest BCUT2D eigenvalue weighted by atomic mass is 9.51. The first-order chi connectivity index (χ1) is 17.5. The largest absolute Gasteiger partial charge is 0.372 e. The van der Waals surface area contributed by atoms with E-state index in [-0.39, 0.29) is 10.2 Å². The van der Waals surface area contributed by atoms with E-state index in [1.807, 2.05) is 6.08 Å². The molecule has 2 aliphatic heterocycles. The zero-order valence-corrected chi connectivity index (χ0v) is 22.7. The number of anilines is 1. The second-order valence-electron chi connectivity index (χ2n) is 12.8. The van der Waals surface area contributed by atoms with Crippen LogP contribution in [0, 0.1) is 17.3 Å². The number of carbonyl (C=O) groups excluding carboxylic acids is 1. The zero-order valence-electron chi connectivity index (χ0n) is 21.9. The van der Waals surface area contributed by atoms with Crippen molar-refractivity contribution < 1.29 is 9.00 Å². The Hall–Kier alpha value is -1.68. The number of benzene rings is 1. The molecule has 2 saturated carbocycles. The van der Waals surface area contributed by atoms with E-state index in [9.17, 15) is 9.00 Å². The SMILES string of the molecule is C[C@]12C[C@H](c3ccc(N4CCCCC4)cc3)C3=C4CCC(=O)C=C4CCC3C1CC[C@@]21CCCS1=O. The predicted octanol–water partition coefficient (Wildman–Crippen LogP) is 6.86. The van der Waals surface area contributed by atoms with Crippen molar-refractivity contribution in [2.75, 3.05) is 23.7 Å². The Morgan fingerprint density at radius 1 is 0.944 bits per heavy atom. The highest BCUT2D eigenvalue weighted by Crippen LogP contribution is 2.69. The first-order valence-electron chi connectivity index (χ1n) is 14.7. The van der Waals surface area contributed by atoms with Gasteiger partial charge >= 0.3 is 0 Å². The average molecular weight is 504 g/mol. The molecule has 7 rings (SSSR count). The lowest BCUT2D eigenvalue weighted by Gasteiger charge is -2.55. The highest BCUT2D eigenvalue weighted by atomic mass is 32.2. The zero-order chi connectivity index (χ0) is 24.5. The maximum absolute atomic E-state index is 13.6. The number of ketones is 1.